The zero-order valence-corrected chi connectivity index (χ0v) is 16.4. The first-order valence-corrected chi connectivity index (χ1v) is 7.62. The number of alkyl halides is 3. The van der Waals surface area contributed by atoms with E-state index in [0.717, 1.165) is 11.3 Å². The number of aryl methyl sites for hydroxylation is 1. The molecule has 0 fully saturated rings. The lowest BCUT2D eigenvalue weighted by atomic mass is 10.2. The molecule has 1 atom stereocenters. The lowest BCUT2D eigenvalue weighted by Gasteiger charge is -2.15. The van der Waals surface area contributed by atoms with Crippen LogP contribution in [0.2, 0.25) is 0 Å². The van der Waals surface area contributed by atoms with E-state index in [1.807, 2.05) is 45.0 Å². The molecule has 0 spiro atoms. The summed E-state index contributed by atoms with van der Waals surface area (Å²) < 4.78 is 42.2. The van der Waals surface area contributed by atoms with Gasteiger partial charge >= 0.3 is 6.18 Å². The Bertz CT molecular complexity index is 492. The summed E-state index contributed by atoms with van der Waals surface area (Å²) >= 11 is 0. The number of nitrogens with one attached hydrogen (secondary N) is 2. The summed E-state index contributed by atoms with van der Waals surface area (Å²) in [4.78, 5) is 4.25. The van der Waals surface area contributed by atoms with Crippen molar-refractivity contribution in [3.63, 3.8) is 0 Å². The third-order valence-electron chi connectivity index (χ3n) is 2.91. The van der Waals surface area contributed by atoms with Gasteiger partial charge in [0.05, 0.1) is 13.0 Å². The Hall–Kier alpha value is -1.19. The van der Waals surface area contributed by atoms with E-state index in [2.05, 4.69) is 15.6 Å². The molecule has 1 unspecified atom stereocenters. The fourth-order valence-corrected chi connectivity index (χ4v) is 1.77. The quantitative estimate of drug-likeness (QED) is 0.370. The van der Waals surface area contributed by atoms with Crippen LogP contribution in [0.25, 0.3) is 0 Å². The minimum atomic E-state index is -4.17. The minimum absolute atomic E-state index is 0. The molecule has 24 heavy (non-hydrogen) atoms. The second kappa shape index (κ2) is 11.4. The van der Waals surface area contributed by atoms with Crippen LogP contribution in [0.15, 0.2) is 29.3 Å². The number of hydrogen-bond donors (Lipinski definition) is 2. The molecule has 1 rings (SSSR count). The molecule has 1 aromatic carbocycles. The molecule has 0 aliphatic rings. The lowest BCUT2D eigenvalue weighted by molar-refractivity contribution is -0.132. The summed E-state index contributed by atoms with van der Waals surface area (Å²) in [7, 11) is 0. The average Bonchev–Trinajstić information content (AvgIpc) is 2.46. The van der Waals surface area contributed by atoms with Gasteiger partial charge in [-0.15, -0.1) is 24.0 Å². The molecule has 1 aromatic rings. The molecule has 0 radical (unpaired) electrons. The van der Waals surface area contributed by atoms with E-state index in [0.29, 0.717) is 19.0 Å². The number of guanidine groups is 1. The molecule has 0 aliphatic carbocycles. The molecule has 0 saturated carbocycles. The van der Waals surface area contributed by atoms with Crippen molar-refractivity contribution in [2.24, 2.45) is 4.99 Å². The van der Waals surface area contributed by atoms with E-state index in [9.17, 15) is 13.2 Å². The van der Waals surface area contributed by atoms with Crippen LogP contribution in [-0.2, 0) is 0 Å². The molecular weight excluding hydrogens is 434 g/mol. The second-order valence-corrected chi connectivity index (χ2v) is 5.25. The van der Waals surface area contributed by atoms with E-state index in [1.165, 1.54) is 0 Å². The fraction of sp³-hybridized carbons (Fsp3) is 0.562. The number of nitrogens with zero attached hydrogens (tertiary/aromatic N) is 1. The predicted octanol–water partition coefficient (Wildman–Crippen LogP) is 3.89. The van der Waals surface area contributed by atoms with Crippen LogP contribution >= 0.6 is 24.0 Å². The Morgan fingerprint density at radius 1 is 1.21 bits per heavy atom. The van der Waals surface area contributed by atoms with Crippen molar-refractivity contribution < 1.29 is 17.9 Å². The predicted molar refractivity (Wildman–Crippen MR) is 101 cm³/mol. The van der Waals surface area contributed by atoms with E-state index in [1.54, 1.807) is 0 Å². The first-order chi connectivity index (χ1) is 10.8. The van der Waals surface area contributed by atoms with Crippen LogP contribution in [0.5, 0.6) is 5.75 Å². The first kappa shape index (κ1) is 22.8. The highest BCUT2D eigenvalue weighted by molar-refractivity contribution is 14.0. The Kier molecular flexibility index (Phi) is 10.8. The van der Waals surface area contributed by atoms with Crippen LogP contribution in [0.1, 0.15) is 25.8 Å². The Morgan fingerprint density at radius 2 is 1.83 bits per heavy atom. The molecule has 138 valence electrons. The number of aliphatic imine (C=N–C) groups is 1. The van der Waals surface area contributed by atoms with Crippen molar-refractivity contribution in [1.29, 1.82) is 0 Å². The van der Waals surface area contributed by atoms with Gasteiger partial charge in [0.15, 0.2) is 5.96 Å². The van der Waals surface area contributed by atoms with Crippen LogP contribution in [0, 0.1) is 6.92 Å². The molecule has 8 heteroatoms. The number of benzene rings is 1. The molecular formula is C16H25F3IN3O. The molecule has 0 bridgehead atoms. The maximum atomic E-state index is 12.2. The largest absolute Gasteiger partial charge is 0.489 e. The number of hydrogen-bond acceptors (Lipinski definition) is 2. The smallest absolute Gasteiger partial charge is 0.390 e. The van der Waals surface area contributed by atoms with Crippen molar-refractivity contribution in [3.8, 4) is 5.75 Å². The number of ether oxygens (including phenoxy) is 1. The monoisotopic (exact) mass is 459 g/mol. The SMILES string of the molecule is CCNC(=NCC(C)Oc1ccc(C)cc1)NCCC(F)(F)F.I. The molecule has 4 nitrogen and oxygen atoms in total. The highest BCUT2D eigenvalue weighted by Gasteiger charge is 2.26. The van der Waals surface area contributed by atoms with Crippen LogP contribution < -0.4 is 15.4 Å². The van der Waals surface area contributed by atoms with Crippen molar-refractivity contribution >= 4 is 29.9 Å². The average molecular weight is 459 g/mol. The minimum Gasteiger partial charge on any atom is -0.489 e. The van der Waals surface area contributed by atoms with Crippen LogP contribution in [0.3, 0.4) is 0 Å². The van der Waals surface area contributed by atoms with Gasteiger partial charge < -0.3 is 15.4 Å². The van der Waals surface area contributed by atoms with Gasteiger partial charge in [0.2, 0.25) is 0 Å². The highest BCUT2D eigenvalue weighted by Crippen LogP contribution is 2.18. The zero-order chi connectivity index (χ0) is 17.3. The maximum absolute atomic E-state index is 12.2. The normalized spacial score (nSPS) is 13.0. The molecule has 0 aromatic heterocycles. The van der Waals surface area contributed by atoms with Gasteiger partial charge in [-0.05, 0) is 32.9 Å². The Morgan fingerprint density at radius 3 is 2.38 bits per heavy atom. The van der Waals surface area contributed by atoms with Gasteiger partial charge in [0.1, 0.15) is 11.9 Å². The summed E-state index contributed by atoms with van der Waals surface area (Å²) in [6.45, 7) is 6.42. The highest BCUT2D eigenvalue weighted by atomic mass is 127. The zero-order valence-electron chi connectivity index (χ0n) is 14.1. The maximum Gasteiger partial charge on any atom is 0.390 e. The van der Waals surface area contributed by atoms with E-state index in [-0.39, 0.29) is 36.6 Å². The van der Waals surface area contributed by atoms with Crippen molar-refractivity contribution in [2.75, 3.05) is 19.6 Å². The van der Waals surface area contributed by atoms with Gasteiger partial charge in [0.25, 0.3) is 0 Å². The van der Waals surface area contributed by atoms with Crippen molar-refractivity contribution in [3.05, 3.63) is 29.8 Å². The topological polar surface area (TPSA) is 45.7 Å². The first-order valence-electron chi connectivity index (χ1n) is 7.62. The van der Waals surface area contributed by atoms with E-state index in [4.69, 9.17) is 4.74 Å². The Labute approximate surface area is 158 Å². The number of halogens is 4. The second-order valence-electron chi connectivity index (χ2n) is 5.25. The third kappa shape index (κ3) is 10.6. The van der Waals surface area contributed by atoms with Gasteiger partial charge in [0, 0.05) is 13.1 Å². The summed E-state index contributed by atoms with van der Waals surface area (Å²) in [6, 6.07) is 7.66. The lowest BCUT2D eigenvalue weighted by Crippen LogP contribution is -2.39. The standard InChI is InChI=1S/C16H24F3N3O.HI/c1-4-20-15(21-10-9-16(17,18)19)22-11-13(3)23-14-7-5-12(2)6-8-14;/h5-8,13H,4,9-11H2,1-3H3,(H2,20,21,22);1H. The van der Waals surface area contributed by atoms with E-state index >= 15 is 0 Å². The van der Waals surface area contributed by atoms with Crippen LogP contribution in [0.4, 0.5) is 13.2 Å². The fourth-order valence-electron chi connectivity index (χ4n) is 1.77. The third-order valence-corrected chi connectivity index (χ3v) is 2.91. The summed E-state index contributed by atoms with van der Waals surface area (Å²) in [6.07, 6.45) is -5.25. The molecule has 0 aliphatic heterocycles. The van der Waals surface area contributed by atoms with Gasteiger partial charge in [-0.1, -0.05) is 17.7 Å². The summed E-state index contributed by atoms with van der Waals surface area (Å²) in [5, 5.41) is 5.58. The molecule has 0 saturated heterocycles. The van der Waals surface area contributed by atoms with Crippen molar-refractivity contribution in [2.45, 2.75) is 39.5 Å². The van der Waals surface area contributed by atoms with Gasteiger partial charge in [-0.3, -0.25) is 0 Å². The Balaban J connectivity index is 0.00000529. The van der Waals surface area contributed by atoms with E-state index < -0.39 is 12.6 Å². The van der Waals surface area contributed by atoms with Crippen molar-refractivity contribution in [1.82, 2.24) is 10.6 Å². The molecule has 0 heterocycles. The van der Waals surface area contributed by atoms with Gasteiger partial charge in [-0.25, -0.2) is 4.99 Å². The summed E-state index contributed by atoms with van der Waals surface area (Å²) in [5.74, 6) is 1.10. The molecule has 0 amide bonds. The van der Waals surface area contributed by atoms with Gasteiger partial charge in [-0.2, -0.15) is 13.2 Å². The van der Waals surface area contributed by atoms with Crippen LogP contribution in [-0.4, -0.2) is 37.9 Å². The summed E-state index contributed by atoms with van der Waals surface area (Å²) in [5.41, 5.74) is 1.14. The molecule has 2 N–H and O–H groups in total. The number of rotatable bonds is 7.